The number of thiophene rings is 1. The van der Waals surface area contributed by atoms with Gasteiger partial charge in [-0.15, -0.1) is 11.3 Å². The van der Waals surface area contributed by atoms with Crippen molar-refractivity contribution in [1.29, 1.82) is 0 Å². The summed E-state index contributed by atoms with van der Waals surface area (Å²) in [6.07, 6.45) is 0. The molecule has 4 nitrogen and oxygen atoms in total. The fourth-order valence-corrected chi connectivity index (χ4v) is 9.05. The second kappa shape index (κ2) is 12.8. The van der Waals surface area contributed by atoms with Gasteiger partial charge in [0, 0.05) is 53.3 Å². The number of rotatable bonds is 6. The van der Waals surface area contributed by atoms with Crippen LogP contribution in [0.5, 0.6) is 0 Å². The Bertz CT molecular complexity index is 3150. The summed E-state index contributed by atoms with van der Waals surface area (Å²) in [5.41, 5.74) is 9.66. The first-order valence-corrected chi connectivity index (χ1v) is 19.2. The van der Waals surface area contributed by atoms with E-state index in [1.165, 1.54) is 20.2 Å². The van der Waals surface area contributed by atoms with Crippen LogP contribution >= 0.6 is 11.3 Å². The molecule has 0 unspecified atom stereocenters. The van der Waals surface area contributed by atoms with Crippen molar-refractivity contribution in [1.82, 2.24) is 9.97 Å². The van der Waals surface area contributed by atoms with Crippen LogP contribution in [-0.2, 0) is 0 Å². The molecule has 0 fully saturated rings. The van der Waals surface area contributed by atoms with Crippen LogP contribution in [0.1, 0.15) is 0 Å². The lowest BCUT2D eigenvalue weighted by molar-refractivity contribution is 0.673. The van der Waals surface area contributed by atoms with Gasteiger partial charge in [-0.3, -0.25) is 0 Å². The number of anilines is 3. The lowest BCUT2D eigenvalue weighted by Crippen LogP contribution is -2.10. The second-order valence-electron chi connectivity index (χ2n) is 13.7. The summed E-state index contributed by atoms with van der Waals surface area (Å²) in [7, 11) is 0. The number of para-hydroxylation sites is 1. The van der Waals surface area contributed by atoms with E-state index in [9.17, 15) is 0 Å². The van der Waals surface area contributed by atoms with Gasteiger partial charge in [0.25, 0.3) is 0 Å². The number of fused-ring (bicyclic) bond motifs is 8. The summed E-state index contributed by atoms with van der Waals surface area (Å²) in [4.78, 5) is 12.6. The molecule has 0 aliphatic heterocycles. The van der Waals surface area contributed by atoms with Crippen molar-refractivity contribution in [3.63, 3.8) is 0 Å². The van der Waals surface area contributed by atoms with Gasteiger partial charge in [-0.05, 0) is 66.0 Å². The Morgan fingerprint density at radius 3 is 1.89 bits per heavy atom. The molecule has 11 rings (SSSR count). The van der Waals surface area contributed by atoms with Gasteiger partial charge in [-0.2, -0.15) is 0 Å². The van der Waals surface area contributed by atoms with Gasteiger partial charge in [0.1, 0.15) is 11.2 Å². The fraction of sp³-hybridized carbons (Fsp3) is 0. The van der Waals surface area contributed by atoms with Crippen molar-refractivity contribution in [2.45, 2.75) is 0 Å². The molecule has 0 bridgehead atoms. The molecule has 3 heterocycles. The van der Waals surface area contributed by atoms with E-state index in [-0.39, 0.29) is 0 Å². The second-order valence-corrected chi connectivity index (χ2v) is 14.8. The highest BCUT2D eigenvalue weighted by atomic mass is 32.1. The maximum absolute atomic E-state index is 6.89. The first-order valence-electron chi connectivity index (χ1n) is 18.4. The Morgan fingerprint density at radius 2 is 1.09 bits per heavy atom. The van der Waals surface area contributed by atoms with E-state index in [1.807, 2.05) is 47.7 Å². The van der Waals surface area contributed by atoms with E-state index in [4.69, 9.17) is 14.4 Å². The maximum atomic E-state index is 6.89. The third-order valence-corrected chi connectivity index (χ3v) is 11.6. The molecule has 0 N–H and O–H groups in total. The van der Waals surface area contributed by atoms with Gasteiger partial charge in [0.05, 0.1) is 28.1 Å². The van der Waals surface area contributed by atoms with Crippen LogP contribution in [0.4, 0.5) is 17.1 Å². The molecule has 0 amide bonds. The number of aromatic nitrogens is 2. The lowest BCUT2D eigenvalue weighted by Gasteiger charge is -2.27. The van der Waals surface area contributed by atoms with E-state index in [0.717, 1.165) is 77.9 Å². The highest BCUT2D eigenvalue weighted by Crippen LogP contribution is 2.50. The largest absolute Gasteiger partial charge is 0.455 e. The minimum Gasteiger partial charge on any atom is -0.455 e. The topological polar surface area (TPSA) is 42.2 Å². The first-order chi connectivity index (χ1) is 27.3. The molecule has 11 aromatic rings. The van der Waals surface area contributed by atoms with Gasteiger partial charge in [0.2, 0.25) is 0 Å². The van der Waals surface area contributed by atoms with E-state index in [0.29, 0.717) is 5.82 Å². The average molecular weight is 722 g/mol. The molecular formula is C50H31N3OS. The zero-order chi connectivity index (χ0) is 36.3. The monoisotopic (exact) mass is 721 g/mol. The molecule has 0 aliphatic rings. The highest BCUT2D eigenvalue weighted by Gasteiger charge is 2.24. The number of hydrogen-bond acceptors (Lipinski definition) is 5. The van der Waals surface area contributed by atoms with E-state index in [1.54, 1.807) is 0 Å². The van der Waals surface area contributed by atoms with Crippen LogP contribution in [0.2, 0.25) is 0 Å². The molecule has 0 aliphatic carbocycles. The summed E-state index contributed by atoms with van der Waals surface area (Å²) in [5.74, 6) is 0.687. The Labute approximate surface area is 321 Å². The smallest absolute Gasteiger partial charge is 0.160 e. The molecule has 0 saturated heterocycles. The quantitative estimate of drug-likeness (QED) is 0.171. The molecule has 0 spiro atoms. The van der Waals surface area contributed by atoms with Crippen LogP contribution < -0.4 is 4.90 Å². The number of nitrogens with zero attached hydrogens (tertiary/aromatic N) is 3. The Balaban J connectivity index is 1.21. The van der Waals surface area contributed by atoms with Crippen LogP contribution in [0.15, 0.2) is 192 Å². The van der Waals surface area contributed by atoms with Crippen molar-refractivity contribution < 1.29 is 4.42 Å². The predicted octanol–water partition coefficient (Wildman–Crippen LogP) is 14.4. The maximum Gasteiger partial charge on any atom is 0.160 e. The molecular weight excluding hydrogens is 691 g/mol. The van der Waals surface area contributed by atoms with E-state index in [2.05, 4.69) is 157 Å². The van der Waals surface area contributed by atoms with Crippen molar-refractivity contribution in [3.8, 4) is 33.9 Å². The summed E-state index contributed by atoms with van der Waals surface area (Å²) in [6, 6.07) is 66.0. The van der Waals surface area contributed by atoms with Crippen LogP contribution in [0.3, 0.4) is 0 Å². The van der Waals surface area contributed by atoms with Crippen molar-refractivity contribution in [3.05, 3.63) is 188 Å². The van der Waals surface area contributed by atoms with Gasteiger partial charge in [-0.25, -0.2) is 9.97 Å². The van der Waals surface area contributed by atoms with Gasteiger partial charge in [0.15, 0.2) is 5.82 Å². The summed E-state index contributed by atoms with van der Waals surface area (Å²) < 4.78 is 9.42. The Morgan fingerprint density at radius 1 is 0.436 bits per heavy atom. The molecule has 55 heavy (non-hydrogen) atoms. The first kappa shape index (κ1) is 31.4. The Hall–Kier alpha value is -7.08. The van der Waals surface area contributed by atoms with E-state index >= 15 is 0 Å². The Kier molecular flexibility index (Phi) is 7.32. The van der Waals surface area contributed by atoms with Crippen molar-refractivity contribution >= 4 is 81.3 Å². The van der Waals surface area contributed by atoms with Gasteiger partial charge in [-0.1, -0.05) is 127 Å². The van der Waals surface area contributed by atoms with Crippen LogP contribution in [0, 0.1) is 0 Å². The highest BCUT2D eigenvalue weighted by molar-refractivity contribution is 7.26. The van der Waals surface area contributed by atoms with Crippen LogP contribution in [0.25, 0.3) is 86.8 Å². The minimum absolute atomic E-state index is 0.687. The van der Waals surface area contributed by atoms with Gasteiger partial charge >= 0.3 is 0 Å². The summed E-state index contributed by atoms with van der Waals surface area (Å²) in [5, 5.41) is 6.76. The van der Waals surface area contributed by atoms with Crippen LogP contribution in [-0.4, -0.2) is 9.97 Å². The summed E-state index contributed by atoms with van der Waals surface area (Å²) in [6.45, 7) is 0. The van der Waals surface area contributed by atoms with E-state index < -0.39 is 0 Å². The molecule has 5 heteroatoms. The molecule has 0 saturated carbocycles. The summed E-state index contributed by atoms with van der Waals surface area (Å²) >= 11 is 1.84. The SMILES string of the molecule is c1ccc(-c2cc(-c3ccc4oc5c6ccccc6cc(N(c6ccccc6)c6cccc7sc8ccccc8c67)c5c4c3)nc(-c3ccccc3)n2)cc1. The number of benzene rings is 8. The molecule has 8 aromatic carbocycles. The van der Waals surface area contributed by atoms with Crippen molar-refractivity contribution in [2.75, 3.05) is 4.90 Å². The third kappa shape index (κ3) is 5.28. The zero-order valence-corrected chi connectivity index (χ0v) is 30.4. The van der Waals surface area contributed by atoms with Gasteiger partial charge < -0.3 is 9.32 Å². The predicted molar refractivity (Wildman–Crippen MR) is 231 cm³/mol. The third-order valence-electron chi connectivity index (χ3n) is 10.4. The van der Waals surface area contributed by atoms with Crippen molar-refractivity contribution in [2.24, 2.45) is 0 Å². The minimum atomic E-state index is 0.687. The standard InChI is InChI=1S/C50H31N3OS/c1-4-15-32(16-5-1)40-31-41(52-50(51-40)33-17-6-2-7-18-33)35-27-28-44-39(29-35)48-43(30-34-19-10-11-22-37(34)49(48)54-44)53(36-20-8-3-9-21-36)42-24-14-26-46-47(42)38-23-12-13-25-45(38)55-46/h1-31H. The number of hydrogen-bond donors (Lipinski definition) is 0. The molecule has 0 atom stereocenters. The fourth-order valence-electron chi connectivity index (χ4n) is 7.92. The molecule has 258 valence electrons. The number of furan rings is 1. The average Bonchev–Trinajstić information content (AvgIpc) is 3.84. The molecule has 0 radical (unpaired) electrons. The normalized spacial score (nSPS) is 11.6. The zero-order valence-electron chi connectivity index (χ0n) is 29.6. The lowest BCUT2D eigenvalue weighted by atomic mass is 9.99. The molecule has 3 aromatic heterocycles.